The summed E-state index contributed by atoms with van der Waals surface area (Å²) in [5, 5.41) is 20.3. The largest absolute Gasteiger partial charge is 0.481 e. The number of hydrogen-bond acceptors (Lipinski definition) is 7. The number of nitrogens with zero attached hydrogens (tertiary/aromatic N) is 4. The minimum absolute atomic E-state index is 0.0812. The van der Waals surface area contributed by atoms with Crippen LogP contribution in [0.2, 0.25) is 0 Å². The van der Waals surface area contributed by atoms with Crippen molar-refractivity contribution >= 4 is 28.3 Å². The normalized spacial score (nSPS) is 14.1. The first-order valence-electron chi connectivity index (χ1n) is 11.3. The highest BCUT2D eigenvalue weighted by Crippen LogP contribution is 2.39. The number of benzene rings is 1. The Morgan fingerprint density at radius 2 is 1.82 bits per heavy atom. The number of carbonyl (C=O) groups excluding carboxylic acids is 1. The predicted molar refractivity (Wildman–Crippen MR) is 131 cm³/mol. The van der Waals surface area contributed by atoms with E-state index in [1.807, 2.05) is 49.6 Å². The van der Waals surface area contributed by atoms with Gasteiger partial charge in [0.05, 0.1) is 24.9 Å². The van der Waals surface area contributed by atoms with Gasteiger partial charge in [0.15, 0.2) is 5.13 Å². The molecule has 0 spiro atoms. The van der Waals surface area contributed by atoms with Crippen LogP contribution in [0.15, 0.2) is 41.8 Å². The van der Waals surface area contributed by atoms with Crippen LogP contribution in [0.5, 0.6) is 5.88 Å². The summed E-state index contributed by atoms with van der Waals surface area (Å²) < 4.78 is 5.11. The van der Waals surface area contributed by atoms with Crippen LogP contribution in [-0.2, 0) is 9.59 Å². The third kappa shape index (κ3) is 5.41. The Hall–Kier alpha value is -3.33. The first kappa shape index (κ1) is 23.8. The molecule has 1 N–H and O–H groups in total. The second-order valence-corrected chi connectivity index (χ2v) is 9.72. The number of carbonyl (C=O) groups is 2. The van der Waals surface area contributed by atoms with Crippen molar-refractivity contribution in [2.45, 2.75) is 45.6 Å². The number of amides is 1. The van der Waals surface area contributed by atoms with Crippen molar-refractivity contribution < 1.29 is 19.4 Å². The molecule has 1 unspecified atom stereocenters. The van der Waals surface area contributed by atoms with E-state index >= 15 is 0 Å². The van der Waals surface area contributed by atoms with Gasteiger partial charge in [-0.1, -0.05) is 38.1 Å². The van der Waals surface area contributed by atoms with Crippen LogP contribution in [-0.4, -0.2) is 45.3 Å². The van der Waals surface area contributed by atoms with Gasteiger partial charge in [-0.05, 0) is 31.2 Å². The Bertz CT molecular complexity index is 1160. The highest BCUT2D eigenvalue weighted by atomic mass is 32.1. The van der Waals surface area contributed by atoms with E-state index in [9.17, 15) is 14.7 Å². The molecule has 9 heteroatoms. The van der Waals surface area contributed by atoms with E-state index in [2.05, 4.69) is 10.2 Å². The zero-order valence-corrected chi connectivity index (χ0v) is 20.3. The van der Waals surface area contributed by atoms with E-state index < -0.39 is 11.9 Å². The Labute approximate surface area is 202 Å². The third-order valence-corrected chi connectivity index (χ3v) is 6.54. The van der Waals surface area contributed by atoms with Gasteiger partial charge in [-0.15, -0.1) is 21.5 Å². The molecule has 4 rings (SSSR count). The molecule has 1 atom stereocenters. The third-order valence-electron chi connectivity index (χ3n) is 5.70. The summed E-state index contributed by atoms with van der Waals surface area (Å²) >= 11 is 1.40. The van der Waals surface area contributed by atoms with Crippen LogP contribution in [0, 0.1) is 11.8 Å². The topological polar surface area (TPSA) is 106 Å². The lowest BCUT2D eigenvalue weighted by Gasteiger charge is -2.25. The maximum absolute atomic E-state index is 13.5. The molecule has 1 saturated carbocycles. The maximum atomic E-state index is 13.5. The summed E-state index contributed by atoms with van der Waals surface area (Å²) in [4.78, 5) is 31.5. The van der Waals surface area contributed by atoms with Crippen molar-refractivity contribution in [3.8, 4) is 28.4 Å². The molecule has 0 radical (unpaired) electrons. The smallest absolute Gasteiger partial charge is 0.304 e. The molecule has 1 amide bonds. The van der Waals surface area contributed by atoms with E-state index in [0.717, 1.165) is 29.7 Å². The number of hydrogen-bond donors (Lipinski definition) is 1. The number of ether oxygens (including phenoxy) is 1. The van der Waals surface area contributed by atoms with Crippen LogP contribution in [0.1, 0.15) is 39.5 Å². The van der Waals surface area contributed by atoms with Gasteiger partial charge in [-0.2, -0.15) is 0 Å². The highest BCUT2D eigenvalue weighted by Gasteiger charge is 2.39. The van der Waals surface area contributed by atoms with Crippen LogP contribution in [0.25, 0.3) is 22.5 Å². The summed E-state index contributed by atoms with van der Waals surface area (Å²) in [6.07, 6.45) is 2.17. The molecule has 2 aromatic heterocycles. The van der Waals surface area contributed by atoms with E-state index in [4.69, 9.17) is 9.72 Å². The fourth-order valence-corrected chi connectivity index (χ4v) is 4.91. The van der Waals surface area contributed by atoms with Crippen LogP contribution in [0.3, 0.4) is 0 Å². The standard InChI is InChI=1S/C25H28N4O4S/c1-15(2)12-16(13-23(30)31)24(32)29(17-8-9-17)25-26-21(14-34-25)19-7-5-4-6-18(19)20-10-11-22(33-3)28-27-20/h4-7,10-11,14-17H,8-9,12-13H2,1-3H3,(H,30,31). The summed E-state index contributed by atoms with van der Waals surface area (Å²) in [7, 11) is 1.55. The Kier molecular flexibility index (Phi) is 7.21. The van der Waals surface area contributed by atoms with Crippen LogP contribution >= 0.6 is 11.3 Å². The van der Waals surface area contributed by atoms with Gasteiger partial charge in [0.25, 0.3) is 0 Å². The zero-order chi connectivity index (χ0) is 24.2. The molecule has 0 aliphatic heterocycles. The van der Waals surface area contributed by atoms with Gasteiger partial charge < -0.3 is 9.84 Å². The van der Waals surface area contributed by atoms with Gasteiger partial charge >= 0.3 is 5.97 Å². The number of carboxylic acids is 1. The lowest BCUT2D eigenvalue weighted by molar-refractivity contribution is -0.140. The molecule has 1 aliphatic rings. The quantitative estimate of drug-likeness (QED) is 0.439. The lowest BCUT2D eigenvalue weighted by atomic mass is 9.93. The number of aromatic nitrogens is 3. The summed E-state index contributed by atoms with van der Waals surface area (Å²) in [6.45, 7) is 4.01. The van der Waals surface area contributed by atoms with Gasteiger partial charge in [0.2, 0.25) is 11.8 Å². The minimum Gasteiger partial charge on any atom is -0.481 e. The second kappa shape index (κ2) is 10.3. The SMILES string of the molecule is COc1ccc(-c2ccccc2-c2csc(N(C(=O)C(CC(=O)O)CC(C)C)C3CC3)n2)nn1. The Morgan fingerprint density at radius 1 is 1.12 bits per heavy atom. The van der Waals surface area contributed by atoms with Crippen molar-refractivity contribution in [2.24, 2.45) is 11.8 Å². The average Bonchev–Trinajstić information content (AvgIpc) is 3.54. The van der Waals surface area contributed by atoms with Crippen molar-refractivity contribution in [2.75, 3.05) is 12.0 Å². The Balaban J connectivity index is 1.65. The molecular weight excluding hydrogens is 452 g/mol. The van der Waals surface area contributed by atoms with E-state index in [1.54, 1.807) is 18.1 Å². The summed E-state index contributed by atoms with van der Waals surface area (Å²) in [5.74, 6) is -1.00. The molecule has 1 fully saturated rings. The number of thiazole rings is 1. The monoisotopic (exact) mass is 480 g/mol. The zero-order valence-electron chi connectivity index (χ0n) is 19.5. The first-order valence-corrected chi connectivity index (χ1v) is 12.2. The fraction of sp³-hybridized carbons (Fsp3) is 0.400. The van der Waals surface area contributed by atoms with Crippen molar-refractivity contribution in [1.29, 1.82) is 0 Å². The molecule has 1 aliphatic carbocycles. The predicted octanol–water partition coefficient (Wildman–Crippen LogP) is 4.91. The number of carboxylic acid groups (broad SMARTS) is 1. The molecule has 34 heavy (non-hydrogen) atoms. The van der Waals surface area contributed by atoms with Gasteiger partial charge in [0, 0.05) is 34.5 Å². The Morgan fingerprint density at radius 3 is 2.38 bits per heavy atom. The fourth-order valence-electron chi connectivity index (χ4n) is 4.01. The molecule has 1 aromatic carbocycles. The molecule has 178 valence electrons. The van der Waals surface area contributed by atoms with Crippen molar-refractivity contribution in [3.63, 3.8) is 0 Å². The van der Waals surface area contributed by atoms with E-state index in [-0.39, 0.29) is 24.3 Å². The molecule has 3 aromatic rings. The maximum Gasteiger partial charge on any atom is 0.304 e. The first-order chi connectivity index (χ1) is 16.4. The van der Waals surface area contributed by atoms with Crippen LogP contribution in [0.4, 0.5) is 5.13 Å². The average molecular weight is 481 g/mol. The number of anilines is 1. The summed E-state index contributed by atoms with van der Waals surface area (Å²) in [5.41, 5.74) is 3.20. The second-order valence-electron chi connectivity index (χ2n) is 8.89. The minimum atomic E-state index is -0.955. The highest BCUT2D eigenvalue weighted by molar-refractivity contribution is 7.14. The van der Waals surface area contributed by atoms with Gasteiger partial charge in [0.1, 0.15) is 0 Å². The van der Waals surface area contributed by atoms with E-state index in [0.29, 0.717) is 23.1 Å². The molecule has 2 heterocycles. The molecule has 0 bridgehead atoms. The molecule has 0 saturated heterocycles. The number of aliphatic carboxylic acids is 1. The van der Waals surface area contributed by atoms with Gasteiger partial charge in [-0.25, -0.2) is 4.98 Å². The van der Waals surface area contributed by atoms with Crippen LogP contribution < -0.4 is 9.64 Å². The van der Waals surface area contributed by atoms with E-state index in [1.165, 1.54) is 11.3 Å². The summed E-state index contributed by atoms with van der Waals surface area (Å²) in [6, 6.07) is 11.5. The lowest BCUT2D eigenvalue weighted by Crippen LogP contribution is -2.39. The molecule has 8 nitrogen and oxygen atoms in total. The van der Waals surface area contributed by atoms with Gasteiger partial charge in [-0.3, -0.25) is 14.5 Å². The van der Waals surface area contributed by atoms with Crippen molar-refractivity contribution in [1.82, 2.24) is 15.2 Å². The molecular formula is C25H28N4O4S. The van der Waals surface area contributed by atoms with Crippen molar-refractivity contribution in [3.05, 3.63) is 41.8 Å². The number of methoxy groups -OCH3 is 1. The number of rotatable bonds is 10.